The number of rotatable bonds is 7. The largest absolute Gasteiger partial charge is 0.310 e. The van der Waals surface area contributed by atoms with Crippen molar-refractivity contribution in [2.45, 2.75) is 19.3 Å². The topological polar surface area (TPSA) is 13.1 Å². The lowest BCUT2D eigenvalue weighted by atomic mass is 9.81. The molecule has 0 fully saturated rings. The molecule has 70 heavy (non-hydrogen) atoms. The zero-order valence-electron chi connectivity index (χ0n) is 39.0. The molecule has 0 saturated carbocycles. The van der Waals surface area contributed by atoms with Crippen molar-refractivity contribution in [1.29, 1.82) is 0 Å². The van der Waals surface area contributed by atoms with Crippen LogP contribution in [0.3, 0.4) is 0 Å². The molecule has 0 amide bonds. The Bertz CT molecular complexity index is 4130. The Hall–Kier alpha value is -8.92. The second-order valence-electron chi connectivity index (χ2n) is 19.3. The van der Waals surface area contributed by atoms with Crippen molar-refractivity contribution in [3.8, 4) is 44.8 Å². The van der Waals surface area contributed by atoms with Crippen LogP contribution in [0.2, 0.25) is 0 Å². The Morgan fingerprint density at radius 3 is 1.43 bits per heavy atom. The van der Waals surface area contributed by atoms with E-state index in [-0.39, 0.29) is 5.41 Å². The number of anilines is 3. The average Bonchev–Trinajstić information content (AvgIpc) is 4.01. The highest BCUT2D eigenvalue weighted by atomic mass is 15.1. The number of aromatic nitrogens is 2. The van der Waals surface area contributed by atoms with Crippen molar-refractivity contribution in [3.05, 3.63) is 260 Å². The van der Waals surface area contributed by atoms with E-state index in [4.69, 9.17) is 0 Å². The van der Waals surface area contributed by atoms with E-state index >= 15 is 0 Å². The quantitative estimate of drug-likeness (QED) is 0.155. The summed E-state index contributed by atoms with van der Waals surface area (Å²) in [6, 6.07) is 91.6. The summed E-state index contributed by atoms with van der Waals surface area (Å²) in [5.74, 6) is 0. The van der Waals surface area contributed by atoms with E-state index in [1.807, 2.05) is 0 Å². The predicted octanol–water partition coefficient (Wildman–Crippen LogP) is 18.1. The lowest BCUT2D eigenvalue weighted by Gasteiger charge is -2.28. The van der Waals surface area contributed by atoms with E-state index in [0.29, 0.717) is 0 Å². The maximum atomic E-state index is 2.45. The maximum absolute atomic E-state index is 2.45. The van der Waals surface area contributed by atoms with Gasteiger partial charge < -0.3 is 14.0 Å². The molecule has 0 N–H and O–H groups in total. The van der Waals surface area contributed by atoms with Gasteiger partial charge in [0.05, 0.1) is 22.1 Å². The van der Waals surface area contributed by atoms with E-state index in [0.717, 1.165) is 22.7 Å². The fourth-order valence-electron chi connectivity index (χ4n) is 11.7. The van der Waals surface area contributed by atoms with Gasteiger partial charge in [0.1, 0.15) is 0 Å². The van der Waals surface area contributed by atoms with E-state index < -0.39 is 0 Å². The highest BCUT2D eigenvalue weighted by Gasteiger charge is 2.36. The second-order valence-corrected chi connectivity index (χ2v) is 19.3. The monoisotopic (exact) mass is 893 g/mol. The fourth-order valence-corrected chi connectivity index (χ4v) is 11.7. The van der Waals surface area contributed by atoms with Gasteiger partial charge in [-0.05, 0) is 146 Å². The second kappa shape index (κ2) is 15.6. The van der Waals surface area contributed by atoms with Crippen molar-refractivity contribution in [2.24, 2.45) is 0 Å². The van der Waals surface area contributed by atoms with Crippen LogP contribution in [0.5, 0.6) is 0 Å². The molecule has 1 aliphatic carbocycles. The molecule has 0 saturated heterocycles. The number of fused-ring (bicyclic) bond motifs is 10. The van der Waals surface area contributed by atoms with E-state index in [1.165, 1.54) is 105 Å². The van der Waals surface area contributed by atoms with Gasteiger partial charge in [0.15, 0.2) is 0 Å². The number of nitrogens with zero attached hydrogens (tertiary/aromatic N) is 3. The lowest BCUT2D eigenvalue weighted by Crippen LogP contribution is -2.16. The van der Waals surface area contributed by atoms with Crippen LogP contribution in [-0.4, -0.2) is 9.13 Å². The van der Waals surface area contributed by atoms with Gasteiger partial charge in [0, 0.05) is 55.4 Å². The van der Waals surface area contributed by atoms with Gasteiger partial charge in [0.25, 0.3) is 0 Å². The summed E-state index contributed by atoms with van der Waals surface area (Å²) in [5.41, 5.74) is 20.4. The minimum atomic E-state index is -0.246. The summed E-state index contributed by atoms with van der Waals surface area (Å²) in [4.78, 5) is 2.42. The highest BCUT2D eigenvalue weighted by molar-refractivity contribution is 6.11. The fraction of sp³-hybridized carbons (Fsp3) is 0.0448. The van der Waals surface area contributed by atoms with Crippen LogP contribution >= 0.6 is 0 Å². The first kappa shape index (κ1) is 40.2. The summed E-state index contributed by atoms with van der Waals surface area (Å²) >= 11 is 0. The lowest BCUT2D eigenvalue weighted by molar-refractivity contribution is 0.660. The molecule has 11 aromatic carbocycles. The van der Waals surface area contributed by atoms with Crippen LogP contribution in [0.25, 0.3) is 99.1 Å². The molecular weight excluding hydrogens is 847 g/mol. The molecule has 3 heteroatoms. The number of para-hydroxylation sites is 4. The molecule has 0 spiro atoms. The molecule has 0 aliphatic heterocycles. The van der Waals surface area contributed by atoms with Crippen LogP contribution in [-0.2, 0) is 5.41 Å². The third-order valence-corrected chi connectivity index (χ3v) is 15.1. The first-order valence-corrected chi connectivity index (χ1v) is 24.3. The van der Waals surface area contributed by atoms with Crippen LogP contribution in [0, 0.1) is 0 Å². The van der Waals surface area contributed by atoms with Gasteiger partial charge in [-0.3, -0.25) is 0 Å². The van der Waals surface area contributed by atoms with Crippen molar-refractivity contribution < 1.29 is 0 Å². The SMILES string of the molecule is CC1(C)c2cc(-c3ccc4c5ccccc5n(-c5ccccc5)c4c3)ccc2-c2ccc(N(c3ccc(-c4cccc5ccccc45)cc3)c3ccc(-n4c5ccccc5c5ccccc54)cc3)cc21. The van der Waals surface area contributed by atoms with Gasteiger partial charge in [-0.1, -0.05) is 172 Å². The van der Waals surface area contributed by atoms with Crippen molar-refractivity contribution in [3.63, 3.8) is 0 Å². The average molecular weight is 894 g/mol. The minimum absolute atomic E-state index is 0.246. The molecule has 0 atom stereocenters. The summed E-state index contributed by atoms with van der Waals surface area (Å²) in [6.45, 7) is 4.79. The molecule has 330 valence electrons. The smallest absolute Gasteiger partial charge is 0.0547 e. The Balaban J connectivity index is 0.872. The third kappa shape index (κ3) is 6.15. The highest BCUT2D eigenvalue weighted by Crippen LogP contribution is 2.52. The summed E-state index contributed by atoms with van der Waals surface area (Å²) in [7, 11) is 0. The van der Waals surface area contributed by atoms with E-state index in [1.54, 1.807) is 0 Å². The first-order valence-electron chi connectivity index (χ1n) is 24.3. The maximum Gasteiger partial charge on any atom is 0.0547 e. The zero-order chi connectivity index (χ0) is 46.5. The Morgan fingerprint density at radius 1 is 0.300 bits per heavy atom. The normalized spacial score (nSPS) is 12.8. The Morgan fingerprint density at radius 2 is 0.757 bits per heavy atom. The Kier molecular flexibility index (Phi) is 8.93. The van der Waals surface area contributed by atoms with Gasteiger partial charge >= 0.3 is 0 Å². The standard InChI is InChI=1S/C67H47N3/c1-67(2)61-41-46(47-30-39-60-59-22-10-13-26-65(59)70(66(60)42-47)48-17-4-3-5-18-48)29-38-55(61)56-40-37-52(43-62(56)67)68(49-31-27-45(28-32-49)54-23-14-16-44-15-6-7-19-53(44)54)50-33-35-51(36-34-50)69-63-24-11-8-20-57(63)58-21-9-12-25-64(58)69/h3-43H,1-2H3. The summed E-state index contributed by atoms with van der Waals surface area (Å²) in [6.07, 6.45) is 0. The zero-order valence-corrected chi connectivity index (χ0v) is 39.0. The predicted molar refractivity (Wildman–Crippen MR) is 296 cm³/mol. The van der Waals surface area contributed by atoms with Crippen molar-refractivity contribution in [2.75, 3.05) is 4.90 Å². The molecule has 0 bridgehead atoms. The number of hydrogen-bond donors (Lipinski definition) is 0. The molecule has 2 aromatic heterocycles. The molecule has 0 unspecified atom stereocenters. The van der Waals surface area contributed by atoms with E-state index in [9.17, 15) is 0 Å². The Labute approximate surface area is 407 Å². The van der Waals surface area contributed by atoms with Crippen LogP contribution in [0.15, 0.2) is 249 Å². The van der Waals surface area contributed by atoms with Gasteiger partial charge in [0.2, 0.25) is 0 Å². The molecule has 0 radical (unpaired) electrons. The molecule has 13 aromatic rings. The van der Waals surface area contributed by atoms with Crippen LogP contribution < -0.4 is 4.90 Å². The van der Waals surface area contributed by atoms with Crippen molar-refractivity contribution in [1.82, 2.24) is 9.13 Å². The molecule has 3 nitrogen and oxygen atoms in total. The molecule has 2 heterocycles. The summed E-state index contributed by atoms with van der Waals surface area (Å²) < 4.78 is 4.80. The third-order valence-electron chi connectivity index (χ3n) is 15.1. The molecular formula is C67H47N3. The number of benzene rings is 11. The molecule has 1 aliphatic rings. The first-order chi connectivity index (χ1) is 34.5. The summed E-state index contributed by atoms with van der Waals surface area (Å²) in [5, 5.41) is 7.56. The van der Waals surface area contributed by atoms with Crippen molar-refractivity contribution >= 4 is 71.4 Å². The van der Waals surface area contributed by atoms with E-state index in [2.05, 4.69) is 277 Å². The van der Waals surface area contributed by atoms with Gasteiger partial charge in [-0.15, -0.1) is 0 Å². The van der Waals surface area contributed by atoms with Gasteiger partial charge in [-0.2, -0.15) is 0 Å². The molecule has 14 rings (SSSR count). The van der Waals surface area contributed by atoms with Crippen LogP contribution in [0.4, 0.5) is 17.1 Å². The van der Waals surface area contributed by atoms with Crippen LogP contribution in [0.1, 0.15) is 25.0 Å². The van der Waals surface area contributed by atoms with Gasteiger partial charge in [-0.25, -0.2) is 0 Å². The number of hydrogen-bond acceptors (Lipinski definition) is 1. The minimum Gasteiger partial charge on any atom is -0.310 e.